The second kappa shape index (κ2) is 5.04. The first-order valence-corrected chi connectivity index (χ1v) is 4.65. The normalized spacial score (nSPS) is 13.5. The molecule has 74 valence electrons. The van der Waals surface area contributed by atoms with Gasteiger partial charge in [0, 0.05) is 25.0 Å². The van der Waals surface area contributed by atoms with E-state index in [9.17, 15) is 0 Å². The van der Waals surface area contributed by atoms with Crippen molar-refractivity contribution in [1.82, 2.24) is 9.88 Å². The molecule has 2 N–H and O–H groups in total. The van der Waals surface area contributed by atoms with Crippen molar-refractivity contribution in [1.29, 1.82) is 0 Å². The highest BCUT2D eigenvalue weighted by molar-refractivity contribution is 5.13. The number of H-pyrrole nitrogens is 1. The first-order chi connectivity index (χ1) is 6.25. The number of rotatable bonds is 5. The van der Waals surface area contributed by atoms with Crippen LogP contribution in [0, 0.1) is 0 Å². The van der Waals surface area contributed by atoms with Crippen LogP contribution in [-0.2, 0) is 0 Å². The molecule has 0 aliphatic carbocycles. The highest BCUT2D eigenvalue weighted by Crippen LogP contribution is 2.22. The zero-order valence-corrected chi connectivity index (χ0v) is 8.33. The fourth-order valence-electron chi connectivity index (χ4n) is 1.55. The van der Waals surface area contributed by atoms with Gasteiger partial charge in [0.05, 0.1) is 0 Å². The van der Waals surface area contributed by atoms with E-state index in [4.69, 9.17) is 5.11 Å². The Morgan fingerprint density at radius 1 is 1.54 bits per heavy atom. The van der Waals surface area contributed by atoms with Gasteiger partial charge in [-0.05, 0) is 38.6 Å². The Kier molecular flexibility index (Phi) is 3.99. The van der Waals surface area contributed by atoms with Crippen LogP contribution in [0.1, 0.15) is 24.4 Å². The first-order valence-electron chi connectivity index (χ1n) is 4.65. The number of nitrogens with one attached hydrogen (secondary N) is 1. The number of aliphatic hydroxyl groups is 1. The third kappa shape index (κ3) is 2.86. The molecule has 0 radical (unpaired) electrons. The predicted octanol–water partition coefficient (Wildman–Crippen LogP) is 1.39. The molecule has 0 saturated heterocycles. The van der Waals surface area contributed by atoms with Crippen LogP contribution in [0.15, 0.2) is 18.5 Å². The summed E-state index contributed by atoms with van der Waals surface area (Å²) in [7, 11) is 4.13. The van der Waals surface area contributed by atoms with Gasteiger partial charge < -0.3 is 15.0 Å². The lowest BCUT2D eigenvalue weighted by Gasteiger charge is -2.23. The molecule has 0 spiro atoms. The van der Waals surface area contributed by atoms with E-state index in [2.05, 4.69) is 30.0 Å². The maximum absolute atomic E-state index is 8.77. The van der Waals surface area contributed by atoms with Crippen LogP contribution in [0.4, 0.5) is 0 Å². The van der Waals surface area contributed by atoms with Crippen molar-refractivity contribution in [3.05, 3.63) is 24.0 Å². The molecule has 0 fully saturated rings. The largest absolute Gasteiger partial charge is 0.396 e. The third-order valence-corrected chi connectivity index (χ3v) is 2.27. The molecule has 1 rings (SSSR count). The Bertz CT molecular complexity index is 219. The van der Waals surface area contributed by atoms with Crippen molar-refractivity contribution in [2.75, 3.05) is 20.7 Å². The molecule has 0 aliphatic rings. The van der Waals surface area contributed by atoms with Gasteiger partial charge >= 0.3 is 0 Å². The lowest BCUT2D eigenvalue weighted by atomic mass is 10.0. The minimum Gasteiger partial charge on any atom is -0.396 e. The molecule has 1 atom stereocenters. The molecule has 0 aliphatic heterocycles. The van der Waals surface area contributed by atoms with Gasteiger partial charge in [-0.3, -0.25) is 0 Å². The minimum absolute atomic E-state index is 0.273. The maximum atomic E-state index is 8.77. The molecule has 1 aromatic heterocycles. The summed E-state index contributed by atoms with van der Waals surface area (Å²) in [5.41, 5.74) is 1.29. The van der Waals surface area contributed by atoms with E-state index >= 15 is 0 Å². The number of nitrogens with zero attached hydrogens (tertiary/aromatic N) is 1. The van der Waals surface area contributed by atoms with Crippen molar-refractivity contribution in [3.63, 3.8) is 0 Å². The van der Waals surface area contributed by atoms with Crippen LogP contribution >= 0.6 is 0 Å². The Balaban J connectivity index is 2.58. The molecule has 3 heteroatoms. The summed E-state index contributed by atoms with van der Waals surface area (Å²) in [6, 6.07) is 2.50. The maximum Gasteiger partial charge on any atom is 0.0431 e. The van der Waals surface area contributed by atoms with Crippen LogP contribution in [0.5, 0.6) is 0 Å². The van der Waals surface area contributed by atoms with Gasteiger partial charge in [-0.15, -0.1) is 0 Å². The van der Waals surface area contributed by atoms with Crippen molar-refractivity contribution in [2.45, 2.75) is 18.9 Å². The number of hydrogen-bond donors (Lipinski definition) is 2. The van der Waals surface area contributed by atoms with Crippen molar-refractivity contribution < 1.29 is 5.11 Å². The van der Waals surface area contributed by atoms with Gasteiger partial charge in [0.25, 0.3) is 0 Å². The van der Waals surface area contributed by atoms with Gasteiger partial charge in [0.15, 0.2) is 0 Å². The second-order valence-electron chi connectivity index (χ2n) is 3.49. The molecule has 1 unspecified atom stereocenters. The molecule has 0 amide bonds. The average molecular weight is 182 g/mol. The summed E-state index contributed by atoms with van der Waals surface area (Å²) in [6.07, 6.45) is 5.81. The number of hydrogen-bond acceptors (Lipinski definition) is 2. The zero-order chi connectivity index (χ0) is 9.68. The Morgan fingerprint density at radius 3 is 2.77 bits per heavy atom. The van der Waals surface area contributed by atoms with Crippen LogP contribution in [-0.4, -0.2) is 35.7 Å². The molecule has 1 heterocycles. The van der Waals surface area contributed by atoms with E-state index in [0.717, 1.165) is 12.8 Å². The first kappa shape index (κ1) is 10.3. The molecular weight excluding hydrogens is 164 g/mol. The summed E-state index contributed by atoms with van der Waals surface area (Å²) >= 11 is 0. The van der Waals surface area contributed by atoms with Crippen molar-refractivity contribution in [2.24, 2.45) is 0 Å². The van der Waals surface area contributed by atoms with E-state index in [0.29, 0.717) is 6.04 Å². The topological polar surface area (TPSA) is 39.3 Å². The Morgan fingerprint density at radius 2 is 2.31 bits per heavy atom. The van der Waals surface area contributed by atoms with Crippen molar-refractivity contribution >= 4 is 0 Å². The molecular formula is C10H18N2O. The summed E-state index contributed by atoms with van der Waals surface area (Å²) in [4.78, 5) is 5.23. The third-order valence-electron chi connectivity index (χ3n) is 2.27. The molecule has 13 heavy (non-hydrogen) atoms. The summed E-state index contributed by atoms with van der Waals surface area (Å²) in [5.74, 6) is 0. The van der Waals surface area contributed by atoms with Gasteiger partial charge in [-0.2, -0.15) is 0 Å². The number of aliphatic hydroxyl groups excluding tert-OH is 1. The second-order valence-corrected chi connectivity index (χ2v) is 3.49. The monoisotopic (exact) mass is 182 g/mol. The van der Waals surface area contributed by atoms with Gasteiger partial charge in [-0.25, -0.2) is 0 Å². The van der Waals surface area contributed by atoms with E-state index in [1.807, 2.05) is 12.4 Å². The smallest absolute Gasteiger partial charge is 0.0431 e. The van der Waals surface area contributed by atoms with Crippen LogP contribution < -0.4 is 0 Å². The molecule has 0 bridgehead atoms. The van der Waals surface area contributed by atoms with Crippen LogP contribution in [0.3, 0.4) is 0 Å². The fourth-order valence-corrected chi connectivity index (χ4v) is 1.55. The zero-order valence-electron chi connectivity index (χ0n) is 8.33. The predicted molar refractivity (Wildman–Crippen MR) is 53.5 cm³/mol. The summed E-state index contributed by atoms with van der Waals surface area (Å²) in [5, 5.41) is 8.77. The average Bonchev–Trinajstić information content (AvgIpc) is 2.57. The number of aromatic amines is 1. The highest BCUT2D eigenvalue weighted by atomic mass is 16.2. The molecule has 1 aromatic rings. The Hall–Kier alpha value is -0.800. The fraction of sp³-hybridized carbons (Fsp3) is 0.600. The highest BCUT2D eigenvalue weighted by Gasteiger charge is 2.13. The van der Waals surface area contributed by atoms with E-state index in [1.165, 1.54) is 5.56 Å². The van der Waals surface area contributed by atoms with Crippen molar-refractivity contribution in [3.8, 4) is 0 Å². The van der Waals surface area contributed by atoms with E-state index < -0.39 is 0 Å². The van der Waals surface area contributed by atoms with E-state index in [-0.39, 0.29) is 6.61 Å². The van der Waals surface area contributed by atoms with Gasteiger partial charge in [-0.1, -0.05) is 0 Å². The summed E-state index contributed by atoms with van der Waals surface area (Å²) in [6.45, 7) is 0.273. The van der Waals surface area contributed by atoms with Gasteiger partial charge in [0.1, 0.15) is 0 Å². The molecule has 3 nitrogen and oxygen atoms in total. The summed E-state index contributed by atoms with van der Waals surface area (Å²) < 4.78 is 0. The van der Waals surface area contributed by atoms with Crippen LogP contribution in [0.2, 0.25) is 0 Å². The van der Waals surface area contributed by atoms with Crippen LogP contribution in [0.25, 0.3) is 0 Å². The Labute approximate surface area is 79.4 Å². The standard InChI is InChI=1S/C10H18N2O/c1-12(2)10(4-3-7-13)9-5-6-11-8-9/h5-6,8,10-11,13H,3-4,7H2,1-2H3. The molecule has 0 saturated carbocycles. The number of aromatic nitrogens is 1. The minimum atomic E-state index is 0.273. The lowest BCUT2D eigenvalue weighted by Crippen LogP contribution is -2.19. The lowest BCUT2D eigenvalue weighted by molar-refractivity contribution is 0.235. The molecule has 0 aromatic carbocycles. The van der Waals surface area contributed by atoms with Gasteiger partial charge in [0.2, 0.25) is 0 Å². The SMILES string of the molecule is CN(C)C(CCCO)c1cc[nH]c1. The quantitative estimate of drug-likeness (QED) is 0.722. The van der Waals surface area contributed by atoms with E-state index in [1.54, 1.807) is 0 Å².